The van der Waals surface area contributed by atoms with E-state index in [4.69, 9.17) is 0 Å². The summed E-state index contributed by atoms with van der Waals surface area (Å²) >= 11 is 0. The molecule has 1 aromatic rings. The smallest absolute Gasteiger partial charge is 0.343 e. The number of anilines is 1. The van der Waals surface area contributed by atoms with Gasteiger partial charge >= 0.3 is 6.18 Å². The average molecular weight is 401 g/mol. The second-order valence-electron chi connectivity index (χ2n) is 7.91. The van der Waals surface area contributed by atoms with Crippen LogP contribution < -0.4 is 4.90 Å². The lowest BCUT2D eigenvalue weighted by Gasteiger charge is -2.42. The van der Waals surface area contributed by atoms with Gasteiger partial charge in [0.05, 0.1) is 11.6 Å². The number of hydrogen-bond acceptors (Lipinski definition) is 2. The van der Waals surface area contributed by atoms with E-state index in [9.17, 15) is 18.0 Å². The van der Waals surface area contributed by atoms with Crippen molar-refractivity contribution in [1.82, 2.24) is 0 Å². The molecule has 0 radical (unpaired) electrons. The highest BCUT2D eigenvalue weighted by atomic mass is 19.4. The third-order valence-electron chi connectivity index (χ3n) is 5.68. The molecule has 1 aromatic carbocycles. The Morgan fingerprint density at radius 3 is 2.41 bits per heavy atom. The molecule has 3 rings (SSSR count). The summed E-state index contributed by atoms with van der Waals surface area (Å²) < 4.78 is 39.0. The Labute approximate surface area is 170 Å². The standard InChI is InChI=1S/C24H26F3NO/c1-4-5-21-22(29)14-15-28(20-12-8-17(9-13-20)16(2)3)23(21)18-6-10-19(11-7-18)24(25,26)27/h4,6,8-16,18,21,23H,1,5,7H2,2-3H3/t18?,21-,23+/m1/s1. The first-order valence-corrected chi connectivity index (χ1v) is 9.89. The molecule has 29 heavy (non-hydrogen) atoms. The molecule has 0 fully saturated rings. The van der Waals surface area contributed by atoms with Crippen molar-refractivity contribution in [3.63, 3.8) is 0 Å². The van der Waals surface area contributed by atoms with Gasteiger partial charge in [0.25, 0.3) is 0 Å². The predicted molar refractivity (Wildman–Crippen MR) is 111 cm³/mol. The number of carbonyl (C=O) groups excluding carboxylic acids is 1. The molecule has 0 saturated heterocycles. The average Bonchev–Trinajstić information content (AvgIpc) is 2.69. The number of ketones is 1. The summed E-state index contributed by atoms with van der Waals surface area (Å²) in [5.74, 6) is -0.162. The Bertz CT molecular complexity index is 846. The Hall–Kier alpha value is -2.56. The number of alkyl halides is 3. The van der Waals surface area contributed by atoms with Crippen LogP contribution in [0, 0.1) is 11.8 Å². The van der Waals surface area contributed by atoms with Crippen LogP contribution in [0.2, 0.25) is 0 Å². The number of benzene rings is 1. The Kier molecular flexibility index (Phi) is 6.15. The highest BCUT2D eigenvalue weighted by Gasteiger charge is 2.40. The van der Waals surface area contributed by atoms with Crippen LogP contribution in [0.3, 0.4) is 0 Å². The zero-order valence-electron chi connectivity index (χ0n) is 16.7. The van der Waals surface area contributed by atoms with Crippen LogP contribution >= 0.6 is 0 Å². The summed E-state index contributed by atoms with van der Waals surface area (Å²) in [5, 5.41) is 0. The van der Waals surface area contributed by atoms with Gasteiger partial charge in [-0.3, -0.25) is 4.79 Å². The second kappa shape index (κ2) is 8.44. The quantitative estimate of drug-likeness (QED) is 0.537. The lowest BCUT2D eigenvalue weighted by Crippen LogP contribution is -2.48. The first kappa shape index (κ1) is 21.2. The van der Waals surface area contributed by atoms with Gasteiger partial charge in [-0.15, -0.1) is 6.58 Å². The van der Waals surface area contributed by atoms with Crippen molar-refractivity contribution in [2.24, 2.45) is 11.8 Å². The summed E-state index contributed by atoms with van der Waals surface area (Å²) in [4.78, 5) is 14.6. The van der Waals surface area contributed by atoms with Crippen LogP contribution in [0.4, 0.5) is 18.9 Å². The van der Waals surface area contributed by atoms with Crippen molar-refractivity contribution in [2.75, 3.05) is 4.90 Å². The zero-order valence-corrected chi connectivity index (χ0v) is 16.7. The van der Waals surface area contributed by atoms with Crippen LogP contribution in [0.15, 0.2) is 73.0 Å². The van der Waals surface area contributed by atoms with Crippen LogP contribution in [-0.4, -0.2) is 18.0 Å². The van der Waals surface area contributed by atoms with Gasteiger partial charge in [-0.25, -0.2) is 0 Å². The van der Waals surface area contributed by atoms with Crippen LogP contribution in [0.25, 0.3) is 0 Å². The molecule has 0 N–H and O–H groups in total. The van der Waals surface area contributed by atoms with E-state index >= 15 is 0 Å². The number of carbonyl (C=O) groups is 1. The molecule has 3 atom stereocenters. The molecule has 2 aliphatic rings. The van der Waals surface area contributed by atoms with Gasteiger partial charge in [-0.1, -0.05) is 50.3 Å². The van der Waals surface area contributed by atoms with Gasteiger partial charge in [-0.2, -0.15) is 13.2 Å². The van der Waals surface area contributed by atoms with E-state index in [0.29, 0.717) is 12.3 Å². The SMILES string of the molecule is C=CC[C@@H]1C(=O)C=CN(c2ccc(C(C)C)cc2)[C@H]1C1C=CC(C(F)(F)F)=CC1. The normalized spacial score (nSPS) is 24.8. The molecular formula is C24H26F3NO. The first-order valence-electron chi connectivity index (χ1n) is 9.89. The molecule has 0 bridgehead atoms. The largest absolute Gasteiger partial charge is 0.416 e. The highest BCUT2D eigenvalue weighted by molar-refractivity contribution is 5.94. The summed E-state index contributed by atoms with van der Waals surface area (Å²) in [6.07, 6.45) is 5.37. The molecule has 0 saturated carbocycles. The number of hydrogen-bond donors (Lipinski definition) is 0. The van der Waals surface area contributed by atoms with E-state index < -0.39 is 11.7 Å². The van der Waals surface area contributed by atoms with Crippen molar-refractivity contribution in [3.05, 3.63) is 78.6 Å². The number of halogens is 3. The van der Waals surface area contributed by atoms with Crippen LogP contribution in [-0.2, 0) is 4.79 Å². The van der Waals surface area contributed by atoms with Crippen molar-refractivity contribution < 1.29 is 18.0 Å². The van der Waals surface area contributed by atoms with Crippen LogP contribution in [0.1, 0.15) is 38.2 Å². The summed E-state index contributed by atoms with van der Waals surface area (Å²) in [6, 6.07) is 7.87. The number of nitrogens with zero attached hydrogens (tertiary/aromatic N) is 1. The summed E-state index contributed by atoms with van der Waals surface area (Å²) in [5.41, 5.74) is 1.51. The summed E-state index contributed by atoms with van der Waals surface area (Å²) in [7, 11) is 0. The molecular weight excluding hydrogens is 375 g/mol. The summed E-state index contributed by atoms with van der Waals surface area (Å²) in [6.45, 7) is 8.01. The highest BCUT2D eigenvalue weighted by Crippen LogP contribution is 2.38. The fourth-order valence-corrected chi connectivity index (χ4v) is 4.07. The van der Waals surface area contributed by atoms with Crippen molar-refractivity contribution in [1.29, 1.82) is 0 Å². The lowest BCUT2D eigenvalue weighted by atomic mass is 9.77. The number of rotatable bonds is 5. The Morgan fingerprint density at radius 1 is 1.21 bits per heavy atom. The Balaban J connectivity index is 1.95. The monoisotopic (exact) mass is 401 g/mol. The molecule has 0 aromatic heterocycles. The molecule has 1 aliphatic carbocycles. The Morgan fingerprint density at radius 2 is 1.90 bits per heavy atom. The molecule has 1 unspecified atom stereocenters. The maximum atomic E-state index is 13.0. The van der Waals surface area contributed by atoms with Crippen molar-refractivity contribution >= 4 is 11.5 Å². The zero-order chi connectivity index (χ0) is 21.2. The van der Waals surface area contributed by atoms with Gasteiger partial charge in [0, 0.05) is 23.7 Å². The van der Waals surface area contributed by atoms with Crippen molar-refractivity contribution in [2.45, 2.75) is 44.8 Å². The third-order valence-corrected chi connectivity index (χ3v) is 5.68. The molecule has 1 aliphatic heterocycles. The van der Waals surface area contributed by atoms with E-state index in [2.05, 4.69) is 32.6 Å². The van der Waals surface area contributed by atoms with E-state index in [1.165, 1.54) is 11.6 Å². The minimum absolute atomic E-state index is 0.0102. The number of allylic oxidation sites excluding steroid dienone is 5. The van der Waals surface area contributed by atoms with Gasteiger partial charge < -0.3 is 4.90 Å². The molecule has 5 heteroatoms. The van der Waals surface area contributed by atoms with Gasteiger partial charge in [0.1, 0.15) is 0 Å². The second-order valence-corrected chi connectivity index (χ2v) is 7.91. The molecule has 1 heterocycles. The molecule has 0 spiro atoms. The lowest BCUT2D eigenvalue weighted by molar-refractivity contribution is -0.119. The molecule has 154 valence electrons. The van der Waals surface area contributed by atoms with Gasteiger partial charge in [0.15, 0.2) is 5.78 Å². The van der Waals surface area contributed by atoms with Gasteiger partial charge in [0.2, 0.25) is 0 Å². The fraction of sp³-hybridized carbons (Fsp3) is 0.375. The molecule has 0 amide bonds. The predicted octanol–water partition coefficient (Wildman–Crippen LogP) is 6.34. The first-order chi connectivity index (χ1) is 13.7. The minimum atomic E-state index is -4.35. The van der Waals surface area contributed by atoms with E-state index in [1.807, 2.05) is 17.0 Å². The van der Waals surface area contributed by atoms with Gasteiger partial charge in [-0.05, 0) is 42.5 Å². The maximum Gasteiger partial charge on any atom is 0.416 e. The van der Waals surface area contributed by atoms with Crippen LogP contribution in [0.5, 0.6) is 0 Å². The fourth-order valence-electron chi connectivity index (χ4n) is 4.07. The van der Waals surface area contributed by atoms with E-state index in [-0.39, 0.29) is 30.1 Å². The maximum absolute atomic E-state index is 13.0. The van der Waals surface area contributed by atoms with E-state index in [0.717, 1.165) is 11.8 Å². The third kappa shape index (κ3) is 4.55. The van der Waals surface area contributed by atoms with E-state index in [1.54, 1.807) is 24.4 Å². The molecule has 2 nitrogen and oxygen atoms in total. The van der Waals surface area contributed by atoms with Crippen molar-refractivity contribution in [3.8, 4) is 0 Å². The minimum Gasteiger partial charge on any atom is -0.343 e. The topological polar surface area (TPSA) is 20.3 Å².